The Labute approximate surface area is 109 Å². The van der Waals surface area contributed by atoms with Gasteiger partial charge in [-0.1, -0.05) is 19.3 Å². The molecule has 1 aromatic heterocycles. The number of rotatable bonds is 4. The van der Waals surface area contributed by atoms with Crippen LogP contribution in [0.4, 0.5) is 0 Å². The molecule has 0 radical (unpaired) electrons. The summed E-state index contributed by atoms with van der Waals surface area (Å²) in [6, 6.07) is 3.21. The van der Waals surface area contributed by atoms with Gasteiger partial charge in [-0.15, -0.1) is 0 Å². The van der Waals surface area contributed by atoms with Crippen molar-refractivity contribution in [1.29, 1.82) is 5.26 Å². The summed E-state index contributed by atoms with van der Waals surface area (Å²) >= 11 is 0. The Morgan fingerprint density at radius 2 is 2.28 bits per heavy atom. The molecular weight excluding hydrogens is 224 g/mol. The van der Waals surface area contributed by atoms with Gasteiger partial charge in [-0.3, -0.25) is 0 Å². The van der Waals surface area contributed by atoms with Crippen molar-refractivity contribution in [2.45, 2.75) is 57.7 Å². The van der Waals surface area contributed by atoms with Crippen molar-refractivity contribution in [2.75, 3.05) is 0 Å². The van der Waals surface area contributed by atoms with Crippen LogP contribution in [0, 0.1) is 17.2 Å². The molecular formula is C14H22N4. The minimum Gasteiger partial charge on any atom is -0.336 e. The highest BCUT2D eigenvalue weighted by Crippen LogP contribution is 2.23. The highest BCUT2D eigenvalue weighted by Gasteiger charge is 2.24. The third kappa shape index (κ3) is 3.58. The van der Waals surface area contributed by atoms with E-state index in [9.17, 15) is 5.26 Å². The lowest BCUT2D eigenvalue weighted by Crippen LogP contribution is -2.42. The molecule has 1 heterocycles. The Hall–Kier alpha value is -1.34. The van der Waals surface area contributed by atoms with Crippen molar-refractivity contribution in [3.05, 3.63) is 18.7 Å². The van der Waals surface area contributed by atoms with Crippen LogP contribution in [0.1, 0.15) is 39.0 Å². The molecule has 4 heteroatoms. The molecule has 2 rings (SSSR count). The minimum atomic E-state index is 0.178. The molecule has 0 spiro atoms. The van der Waals surface area contributed by atoms with Gasteiger partial charge in [0.15, 0.2) is 0 Å². The maximum Gasteiger partial charge on any atom is 0.0946 e. The molecule has 0 saturated heterocycles. The Bertz CT molecular complexity index is 379. The van der Waals surface area contributed by atoms with Gasteiger partial charge in [-0.05, 0) is 19.8 Å². The number of nitrogens with one attached hydrogen (secondary N) is 1. The summed E-state index contributed by atoms with van der Waals surface area (Å²) in [5, 5.41) is 12.9. The number of hydrogen-bond acceptors (Lipinski definition) is 3. The average Bonchev–Trinajstić information content (AvgIpc) is 2.75. The lowest BCUT2D eigenvalue weighted by molar-refractivity contribution is 0.338. The van der Waals surface area contributed by atoms with Crippen LogP contribution in [0.25, 0.3) is 0 Å². The van der Waals surface area contributed by atoms with Gasteiger partial charge in [0.1, 0.15) is 0 Å². The first kappa shape index (κ1) is 13.1. The molecule has 1 N–H and O–H groups in total. The largest absolute Gasteiger partial charge is 0.336 e. The molecule has 18 heavy (non-hydrogen) atoms. The molecule has 4 nitrogen and oxygen atoms in total. The van der Waals surface area contributed by atoms with Crippen molar-refractivity contribution in [1.82, 2.24) is 14.9 Å². The normalized spacial score (nSPS) is 26.2. The molecule has 1 aromatic rings. The molecule has 3 atom stereocenters. The van der Waals surface area contributed by atoms with E-state index in [0.29, 0.717) is 12.1 Å². The van der Waals surface area contributed by atoms with Gasteiger partial charge in [0, 0.05) is 31.0 Å². The van der Waals surface area contributed by atoms with E-state index in [0.717, 1.165) is 19.4 Å². The second-order valence-electron chi connectivity index (χ2n) is 5.31. The second kappa shape index (κ2) is 6.55. The fraction of sp³-hybridized carbons (Fsp3) is 0.714. The van der Waals surface area contributed by atoms with Crippen LogP contribution in [0.3, 0.4) is 0 Å². The van der Waals surface area contributed by atoms with E-state index < -0.39 is 0 Å². The summed E-state index contributed by atoms with van der Waals surface area (Å²) in [6.07, 6.45) is 11.5. The third-order valence-electron chi connectivity index (χ3n) is 3.72. The fourth-order valence-corrected chi connectivity index (χ4v) is 2.79. The average molecular weight is 246 g/mol. The van der Waals surface area contributed by atoms with Gasteiger partial charge in [-0.25, -0.2) is 4.98 Å². The maximum absolute atomic E-state index is 9.25. The minimum absolute atomic E-state index is 0.178. The van der Waals surface area contributed by atoms with Crippen molar-refractivity contribution < 1.29 is 0 Å². The molecule has 0 bridgehead atoms. The van der Waals surface area contributed by atoms with Crippen LogP contribution in [0.2, 0.25) is 0 Å². The van der Waals surface area contributed by atoms with Crippen LogP contribution in [-0.2, 0) is 6.54 Å². The van der Waals surface area contributed by atoms with Gasteiger partial charge in [0.2, 0.25) is 0 Å². The zero-order chi connectivity index (χ0) is 12.8. The van der Waals surface area contributed by atoms with E-state index in [1.54, 1.807) is 6.20 Å². The van der Waals surface area contributed by atoms with Crippen LogP contribution < -0.4 is 5.32 Å². The number of aromatic nitrogens is 2. The van der Waals surface area contributed by atoms with Gasteiger partial charge in [0.25, 0.3) is 0 Å². The number of imidazole rings is 1. The third-order valence-corrected chi connectivity index (χ3v) is 3.72. The molecule has 1 saturated carbocycles. The van der Waals surface area contributed by atoms with Gasteiger partial charge in [-0.2, -0.15) is 5.26 Å². The van der Waals surface area contributed by atoms with Crippen LogP contribution in [-0.4, -0.2) is 21.6 Å². The first-order valence-corrected chi connectivity index (χ1v) is 6.91. The predicted octanol–water partition coefficient (Wildman–Crippen LogP) is 2.33. The number of nitriles is 1. The van der Waals surface area contributed by atoms with Crippen LogP contribution in [0.5, 0.6) is 0 Å². The molecule has 0 aliphatic heterocycles. The lowest BCUT2D eigenvalue weighted by atomic mass is 9.95. The predicted molar refractivity (Wildman–Crippen MR) is 70.8 cm³/mol. The molecule has 1 aliphatic carbocycles. The lowest BCUT2D eigenvalue weighted by Gasteiger charge is -2.25. The molecule has 0 amide bonds. The standard InChI is InChI=1S/C14H22N4/c1-12(10-18-8-7-16-11-18)17-14-6-4-2-3-5-13(14)9-15/h7-8,11-14,17H,2-6,10H2,1H3. The molecule has 1 aliphatic rings. The first-order chi connectivity index (χ1) is 8.79. The van der Waals surface area contributed by atoms with E-state index >= 15 is 0 Å². The smallest absolute Gasteiger partial charge is 0.0946 e. The summed E-state index contributed by atoms with van der Waals surface area (Å²) in [4.78, 5) is 4.05. The Kier molecular flexibility index (Phi) is 4.77. The van der Waals surface area contributed by atoms with Gasteiger partial charge < -0.3 is 9.88 Å². The number of nitrogens with zero attached hydrogens (tertiary/aromatic N) is 3. The van der Waals surface area contributed by atoms with Crippen molar-refractivity contribution in [2.24, 2.45) is 5.92 Å². The summed E-state index contributed by atoms with van der Waals surface area (Å²) < 4.78 is 2.08. The Morgan fingerprint density at radius 1 is 1.44 bits per heavy atom. The zero-order valence-electron chi connectivity index (χ0n) is 11.0. The molecule has 98 valence electrons. The quantitative estimate of drug-likeness (QED) is 0.830. The highest BCUT2D eigenvalue weighted by atomic mass is 15.1. The van der Waals surface area contributed by atoms with Crippen molar-refractivity contribution >= 4 is 0 Å². The van der Waals surface area contributed by atoms with E-state index in [4.69, 9.17) is 0 Å². The summed E-state index contributed by atoms with van der Waals surface area (Å²) in [5.41, 5.74) is 0. The van der Waals surface area contributed by atoms with E-state index in [2.05, 4.69) is 27.9 Å². The summed E-state index contributed by atoms with van der Waals surface area (Å²) in [7, 11) is 0. The zero-order valence-corrected chi connectivity index (χ0v) is 11.0. The molecule has 0 aromatic carbocycles. The number of hydrogen-bond donors (Lipinski definition) is 1. The van der Waals surface area contributed by atoms with Crippen molar-refractivity contribution in [3.63, 3.8) is 0 Å². The van der Waals surface area contributed by atoms with Gasteiger partial charge in [0.05, 0.1) is 18.3 Å². The monoisotopic (exact) mass is 246 g/mol. The Morgan fingerprint density at radius 3 is 3.00 bits per heavy atom. The van der Waals surface area contributed by atoms with E-state index in [1.165, 1.54) is 19.3 Å². The topological polar surface area (TPSA) is 53.6 Å². The highest BCUT2D eigenvalue weighted by molar-refractivity contribution is 4.94. The van der Waals surface area contributed by atoms with E-state index in [1.807, 2.05) is 12.5 Å². The SMILES string of the molecule is CC(Cn1ccnc1)NC1CCCCCC1C#N. The van der Waals surface area contributed by atoms with Gasteiger partial charge >= 0.3 is 0 Å². The van der Waals surface area contributed by atoms with Crippen LogP contribution in [0.15, 0.2) is 18.7 Å². The molecule has 3 unspecified atom stereocenters. The fourth-order valence-electron chi connectivity index (χ4n) is 2.79. The second-order valence-corrected chi connectivity index (χ2v) is 5.31. The molecule has 1 fully saturated rings. The first-order valence-electron chi connectivity index (χ1n) is 6.91. The van der Waals surface area contributed by atoms with Crippen LogP contribution >= 0.6 is 0 Å². The van der Waals surface area contributed by atoms with Crippen molar-refractivity contribution in [3.8, 4) is 6.07 Å². The Balaban J connectivity index is 1.88. The summed E-state index contributed by atoms with van der Waals surface area (Å²) in [6.45, 7) is 3.09. The summed E-state index contributed by atoms with van der Waals surface area (Å²) in [5.74, 6) is 0.178. The maximum atomic E-state index is 9.25. The van der Waals surface area contributed by atoms with E-state index in [-0.39, 0.29) is 5.92 Å².